The number of aryl methyl sites for hydroxylation is 1. The second-order valence-corrected chi connectivity index (χ2v) is 6.79. The van der Waals surface area contributed by atoms with E-state index in [2.05, 4.69) is 20.7 Å². The van der Waals surface area contributed by atoms with Crippen LogP contribution in [0.3, 0.4) is 0 Å². The molecule has 0 aliphatic carbocycles. The van der Waals surface area contributed by atoms with Gasteiger partial charge in [0.15, 0.2) is 0 Å². The van der Waals surface area contributed by atoms with Gasteiger partial charge in [-0.15, -0.1) is 0 Å². The van der Waals surface area contributed by atoms with Crippen LogP contribution in [0, 0.1) is 6.92 Å². The predicted molar refractivity (Wildman–Crippen MR) is 79.9 cm³/mol. The lowest BCUT2D eigenvalue weighted by Gasteiger charge is -2.14. The summed E-state index contributed by atoms with van der Waals surface area (Å²) in [5.74, 6) is 7.18. The molecule has 1 aromatic heterocycles. The molecular weight excluding hydrogens is 280 g/mol. The van der Waals surface area contributed by atoms with E-state index < -0.39 is 10.0 Å². The van der Waals surface area contributed by atoms with Crippen molar-refractivity contribution in [3.05, 3.63) is 11.4 Å². The Morgan fingerprint density at radius 1 is 1.25 bits per heavy atom. The van der Waals surface area contributed by atoms with Crippen LogP contribution in [-0.4, -0.2) is 49.1 Å². The van der Waals surface area contributed by atoms with Gasteiger partial charge in [0, 0.05) is 32.6 Å². The van der Waals surface area contributed by atoms with Crippen LogP contribution in [0.15, 0.2) is 0 Å². The smallest absolute Gasteiger partial charge is 0.215 e. The number of nitrogen functional groups attached to an aromatic ring is 1. The first-order valence-corrected chi connectivity index (χ1v) is 7.91. The van der Waals surface area contributed by atoms with Gasteiger partial charge in [0.1, 0.15) is 17.5 Å². The first-order chi connectivity index (χ1) is 9.31. The average molecular weight is 302 g/mol. The Morgan fingerprint density at radius 3 is 2.35 bits per heavy atom. The molecular formula is C11H22N6O2S. The Labute approximate surface area is 119 Å². The summed E-state index contributed by atoms with van der Waals surface area (Å²) >= 11 is 0. The number of nitrogens with zero attached hydrogens (tertiary/aromatic N) is 3. The minimum Gasteiger partial charge on any atom is -0.369 e. The molecule has 0 bridgehead atoms. The second-order valence-electron chi connectivity index (χ2n) is 4.49. The van der Waals surface area contributed by atoms with Crippen molar-refractivity contribution < 1.29 is 8.42 Å². The molecule has 1 aromatic rings. The summed E-state index contributed by atoms with van der Waals surface area (Å²) in [6.07, 6.45) is 0.666. The van der Waals surface area contributed by atoms with Gasteiger partial charge in [0.25, 0.3) is 0 Å². The van der Waals surface area contributed by atoms with Crippen LogP contribution in [0.1, 0.15) is 18.3 Å². The minimum absolute atomic E-state index is 0.00368. The standard InChI is InChI=1S/C11H22N6O2S/c1-5-9-14-10(8(2)11(15-9)16-12)13-6-7-20(18,19)17(3)4/h5-7,12H2,1-4H3,(H2,13,14,15,16). The monoisotopic (exact) mass is 302 g/mol. The molecule has 0 fully saturated rings. The molecule has 0 unspecified atom stereocenters. The maximum absolute atomic E-state index is 11.7. The third kappa shape index (κ3) is 4.02. The molecule has 4 N–H and O–H groups in total. The van der Waals surface area contributed by atoms with Crippen molar-refractivity contribution in [2.75, 3.05) is 37.1 Å². The van der Waals surface area contributed by atoms with Crippen LogP contribution in [-0.2, 0) is 16.4 Å². The van der Waals surface area contributed by atoms with Crippen molar-refractivity contribution in [2.45, 2.75) is 20.3 Å². The van der Waals surface area contributed by atoms with Gasteiger partial charge in [-0.1, -0.05) is 6.92 Å². The lowest BCUT2D eigenvalue weighted by molar-refractivity contribution is 0.521. The van der Waals surface area contributed by atoms with Crippen molar-refractivity contribution in [1.82, 2.24) is 14.3 Å². The van der Waals surface area contributed by atoms with Gasteiger partial charge in [-0.25, -0.2) is 28.5 Å². The van der Waals surface area contributed by atoms with Crippen LogP contribution in [0.5, 0.6) is 0 Å². The molecule has 1 heterocycles. The molecule has 0 aromatic carbocycles. The molecule has 1 rings (SSSR count). The summed E-state index contributed by atoms with van der Waals surface area (Å²) in [4.78, 5) is 8.58. The average Bonchev–Trinajstić information content (AvgIpc) is 2.40. The zero-order chi connectivity index (χ0) is 15.3. The topological polar surface area (TPSA) is 113 Å². The highest BCUT2D eigenvalue weighted by atomic mass is 32.2. The lowest BCUT2D eigenvalue weighted by Crippen LogP contribution is -2.28. The van der Waals surface area contributed by atoms with Gasteiger partial charge in [-0.05, 0) is 6.92 Å². The zero-order valence-electron chi connectivity index (χ0n) is 12.3. The quantitative estimate of drug-likeness (QED) is 0.477. The Kier molecular flexibility index (Phi) is 5.66. The van der Waals surface area contributed by atoms with Crippen molar-refractivity contribution in [2.24, 2.45) is 5.84 Å². The van der Waals surface area contributed by atoms with Crippen molar-refractivity contribution in [1.29, 1.82) is 0 Å². The Balaban J connectivity index is 2.83. The number of nitrogens with two attached hydrogens (primary N) is 1. The highest BCUT2D eigenvalue weighted by Gasteiger charge is 2.14. The molecule has 20 heavy (non-hydrogen) atoms. The molecule has 0 aliphatic rings. The van der Waals surface area contributed by atoms with E-state index in [1.165, 1.54) is 18.4 Å². The largest absolute Gasteiger partial charge is 0.369 e. The maximum Gasteiger partial charge on any atom is 0.215 e. The molecule has 0 aliphatic heterocycles. The summed E-state index contributed by atoms with van der Waals surface area (Å²) in [5, 5.41) is 3.02. The number of rotatable bonds is 7. The number of hydrogen-bond donors (Lipinski definition) is 3. The molecule has 0 radical (unpaired) electrons. The van der Waals surface area contributed by atoms with Crippen molar-refractivity contribution in [3.63, 3.8) is 0 Å². The van der Waals surface area contributed by atoms with Gasteiger partial charge in [-0.2, -0.15) is 0 Å². The third-order valence-electron chi connectivity index (χ3n) is 2.85. The van der Waals surface area contributed by atoms with Crippen LogP contribution in [0.4, 0.5) is 11.6 Å². The third-order valence-corrected chi connectivity index (χ3v) is 4.69. The first kappa shape index (κ1) is 16.6. The van der Waals surface area contributed by atoms with Crippen molar-refractivity contribution >= 4 is 21.7 Å². The first-order valence-electron chi connectivity index (χ1n) is 6.30. The molecule has 114 valence electrons. The Bertz CT molecular complexity index is 558. The van der Waals surface area contributed by atoms with Gasteiger partial charge >= 0.3 is 0 Å². The van der Waals surface area contributed by atoms with E-state index in [0.29, 0.717) is 23.9 Å². The number of aromatic nitrogens is 2. The Hall–Kier alpha value is -1.45. The lowest BCUT2D eigenvalue weighted by atomic mass is 10.3. The molecule has 0 atom stereocenters. The van der Waals surface area contributed by atoms with Crippen molar-refractivity contribution in [3.8, 4) is 0 Å². The number of hydrazine groups is 1. The summed E-state index contributed by atoms with van der Waals surface area (Å²) in [6, 6.07) is 0. The second kappa shape index (κ2) is 6.82. The van der Waals surface area contributed by atoms with Gasteiger partial charge < -0.3 is 10.7 Å². The van der Waals surface area contributed by atoms with Crippen LogP contribution in [0.25, 0.3) is 0 Å². The molecule has 8 nitrogen and oxygen atoms in total. The highest BCUT2D eigenvalue weighted by molar-refractivity contribution is 7.89. The summed E-state index contributed by atoms with van der Waals surface area (Å²) in [7, 11) is -0.204. The van der Waals surface area contributed by atoms with E-state index in [9.17, 15) is 8.42 Å². The molecule has 0 spiro atoms. The summed E-state index contributed by atoms with van der Waals surface area (Å²) in [5.41, 5.74) is 3.27. The van der Waals surface area contributed by atoms with E-state index in [4.69, 9.17) is 5.84 Å². The molecule has 0 saturated heterocycles. The Morgan fingerprint density at radius 2 is 1.85 bits per heavy atom. The fraction of sp³-hybridized carbons (Fsp3) is 0.636. The number of anilines is 2. The van der Waals surface area contributed by atoms with E-state index >= 15 is 0 Å². The highest BCUT2D eigenvalue weighted by Crippen LogP contribution is 2.19. The van der Waals surface area contributed by atoms with E-state index in [0.717, 1.165) is 5.56 Å². The maximum atomic E-state index is 11.7. The molecule has 0 amide bonds. The predicted octanol–water partition coefficient (Wildman–Crippen LogP) is -0.0637. The summed E-state index contributed by atoms with van der Waals surface area (Å²) < 4.78 is 24.5. The van der Waals surface area contributed by atoms with E-state index in [-0.39, 0.29) is 12.3 Å². The van der Waals surface area contributed by atoms with Crippen LogP contribution in [0.2, 0.25) is 0 Å². The van der Waals surface area contributed by atoms with Gasteiger partial charge in [0.05, 0.1) is 5.75 Å². The van der Waals surface area contributed by atoms with Crippen LogP contribution < -0.4 is 16.6 Å². The fourth-order valence-electron chi connectivity index (χ4n) is 1.51. The normalized spacial score (nSPS) is 11.7. The van der Waals surface area contributed by atoms with Gasteiger partial charge in [0.2, 0.25) is 10.0 Å². The molecule has 0 saturated carbocycles. The minimum atomic E-state index is -3.23. The van der Waals surface area contributed by atoms with E-state index in [1.807, 2.05) is 13.8 Å². The number of sulfonamides is 1. The zero-order valence-corrected chi connectivity index (χ0v) is 13.1. The van der Waals surface area contributed by atoms with Gasteiger partial charge in [-0.3, -0.25) is 0 Å². The SMILES string of the molecule is CCc1nc(NN)c(C)c(NCCS(=O)(=O)N(C)C)n1. The number of nitrogens with one attached hydrogen (secondary N) is 2. The number of hydrogen-bond acceptors (Lipinski definition) is 7. The van der Waals surface area contributed by atoms with E-state index in [1.54, 1.807) is 0 Å². The fourth-order valence-corrected chi connectivity index (χ4v) is 2.24. The summed E-state index contributed by atoms with van der Waals surface area (Å²) in [6.45, 7) is 4.02. The molecule has 9 heteroatoms. The van der Waals surface area contributed by atoms with Crippen LogP contribution >= 0.6 is 0 Å².